The van der Waals surface area contributed by atoms with Crippen molar-refractivity contribution in [2.45, 2.75) is 18.7 Å². The first-order valence-corrected chi connectivity index (χ1v) is 11.8. The molecule has 0 aliphatic carbocycles. The topological polar surface area (TPSA) is 105 Å². The number of hydrogen-bond acceptors (Lipinski definition) is 6. The van der Waals surface area contributed by atoms with Crippen LogP contribution in [0.2, 0.25) is 5.02 Å². The van der Waals surface area contributed by atoms with Crippen LogP contribution in [0.3, 0.4) is 0 Å². The molecule has 3 aromatic carbocycles. The van der Waals surface area contributed by atoms with Crippen LogP contribution in [-0.2, 0) is 14.9 Å². The molecule has 0 saturated carbocycles. The van der Waals surface area contributed by atoms with E-state index < -0.39 is 16.0 Å². The Morgan fingerprint density at radius 1 is 1.03 bits per heavy atom. The van der Waals surface area contributed by atoms with Gasteiger partial charge in [0.05, 0.1) is 7.11 Å². The molecular formula is C25H21ClN2O5S. The van der Waals surface area contributed by atoms with Gasteiger partial charge < -0.3 is 14.2 Å². The summed E-state index contributed by atoms with van der Waals surface area (Å²) < 4.78 is 35.6. The van der Waals surface area contributed by atoms with E-state index in [2.05, 4.69) is 5.32 Å². The summed E-state index contributed by atoms with van der Waals surface area (Å²) in [5.74, 6) is -0.509. The van der Waals surface area contributed by atoms with Crippen molar-refractivity contribution < 1.29 is 22.1 Å². The van der Waals surface area contributed by atoms with Gasteiger partial charge in [0.2, 0.25) is 0 Å². The number of ether oxygens (including phenoxy) is 1. The predicted octanol–water partition coefficient (Wildman–Crippen LogP) is 5.28. The molecule has 0 atom stereocenters. The molecule has 9 heteroatoms. The van der Waals surface area contributed by atoms with Crippen LogP contribution >= 0.6 is 11.6 Å². The van der Waals surface area contributed by atoms with Crippen molar-refractivity contribution >= 4 is 39.4 Å². The van der Waals surface area contributed by atoms with Crippen LogP contribution in [0.1, 0.15) is 16.7 Å². The first-order chi connectivity index (χ1) is 16.1. The Labute approximate surface area is 203 Å². The summed E-state index contributed by atoms with van der Waals surface area (Å²) in [5.41, 5.74) is 2.84. The van der Waals surface area contributed by atoms with E-state index in [1.807, 2.05) is 32.0 Å². The van der Waals surface area contributed by atoms with Gasteiger partial charge in [0.25, 0.3) is 5.91 Å². The smallest absolute Gasteiger partial charge is 0.339 e. The van der Waals surface area contributed by atoms with E-state index in [1.165, 1.54) is 55.7 Å². The van der Waals surface area contributed by atoms with Crippen molar-refractivity contribution in [1.82, 2.24) is 0 Å². The zero-order valence-electron chi connectivity index (χ0n) is 18.6. The average Bonchev–Trinajstić information content (AvgIpc) is 2.80. The summed E-state index contributed by atoms with van der Waals surface area (Å²) >= 11 is 5.81. The maximum absolute atomic E-state index is 12.6. The van der Waals surface area contributed by atoms with Gasteiger partial charge in [-0.25, -0.2) is 0 Å². The number of nitriles is 1. The van der Waals surface area contributed by atoms with Gasteiger partial charge in [-0.3, -0.25) is 4.79 Å². The highest BCUT2D eigenvalue weighted by Crippen LogP contribution is 2.32. The molecule has 0 aliphatic heterocycles. The predicted molar refractivity (Wildman–Crippen MR) is 130 cm³/mol. The van der Waals surface area contributed by atoms with E-state index in [0.717, 1.165) is 11.1 Å². The molecular weight excluding hydrogens is 476 g/mol. The van der Waals surface area contributed by atoms with Crippen molar-refractivity contribution in [3.63, 3.8) is 0 Å². The number of amides is 1. The normalized spacial score (nSPS) is 11.4. The van der Waals surface area contributed by atoms with E-state index in [0.29, 0.717) is 16.3 Å². The second-order valence-electron chi connectivity index (χ2n) is 7.34. The summed E-state index contributed by atoms with van der Waals surface area (Å²) in [4.78, 5) is 12.6. The summed E-state index contributed by atoms with van der Waals surface area (Å²) in [6.45, 7) is 3.81. The van der Waals surface area contributed by atoms with E-state index in [4.69, 9.17) is 20.5 Å². The molecule has 0 bridgehead atoms. The van der Waals surface area contributed by atoms with Crippen molar-refractivity contribution in [3.05, 3.63) is 87.9 Å². The van der Waals surface area contributed by atoms with Gasteiger partial charge in [-0.2, -0.15) is 13.7 Å². The Hall–Kier alpha value is -3.80. The van der Waals surface area contributed by atoms with E-state index >= 15 is 0 Å². The number of methoxy groups -OCH3 is 1. The number of rotatable bonds is 7. The lowest BCUT2D eigenvalue weighted by atomic mass is 10.1. The highest BCUT2D eigenvalue weighted by molar-refractivity contribution is 7.87. The molecule has 0 aromatic heterocycles. The zero-order chi connectivity index (χ0) is 24.9. The number of benzene rings is 3. The third-order valence-electron chi connectivity index (χ3n) is 4.80. The fourth-order valence-electron chi connectivity index (χ4n) is 3.07. The van der Waals surface area contributed by atoms with Crippen LogP contribution in [0, 0.1) is 25.2 Å². The van der Waals surface area contributed by atoms with Crippen LogP contribution in [0.15, 0.2) is 71.1 Å². The quantitative estimate of drug-likeness (QED) is 0.271. The van der Waals surface area contributed by atoms with Crippen molar-refractivity contribution in [3.8, 4) is 17.6 Å². The summed E-state index contributed by atoms with van der Waals surface area (Å²) in [7, 11) is -2.78. The lowest BCUT2D eigenvalue weighted by Gasteiger charge is -2.12. The van der Waals surface area contributed by atoms with E-state index in [-0.39, 0.29) is 22.0 Å². The number of carbonyl (C=O) groups excluding carboxylic acids is 1. The zero-order valence-corrected chi connectivity index (χ0v) is 20.2. The summed E-state index contributed by atoms with van der Waals surface area (Å²) in [6.07, 6.45) is 1.37. The Morgan fingerprint density at radius 3 is 2.35 bits per heavy atom. The largest absolute Gasteiger partial charge is 0.493 e. The number of nitrogens with zero attached hydrogens (tertiary/aromatic N) is 1. The fourth-order valence-corrected chi connectivity index (χ4v) is 4.13. The highest BCUT2D eigenvalue weighted by Gasteiger charge is 2.19. The van der Waals surface area contributed by atoms with Gasteiger partial charge in [-0.05, 0) is 73.5 Å². The molecule has 0 radical (unpaired) electrons. The van der Waals surface area contributed by atoms with Gasteiger partial charge in [-0.1, -0.05) is 35.4 Å². The number of nitrogens with one attached hydrogen (secondary N) is 1. The molecule has 3 aromatic rings. The molecule has 0 saturated heterocycles. The second kappa shape index (κ2) is 10.4. The van der Waals surface area contributed by atoms with E-state index in [1.54, 1.807) is 6.07 Å². The third-order valence-corrected chi connectivity index (χ3v) is 6.30. The monoisotopic (exact) mass is 496 g/mol. The molecule has 0 unspecified atom stereocenters. The lowest BCUT2D eigenvalue weighted by molar-refractivity contribution is -0.112. The van der Waals surface area contributed by atoms with Crippen LogP contribution in [-0.4, -0.2) is 21.4 Å². The lowest BCUT2D eigenvalue weighted by Crippen LogP contribution is -2.14. The van der Waals surface area contributed by atoms with E-state index in [9.17, 15) is 18.5 Å². The van der Waals surface area contributed by atoms with Gasteiger partial charge >= 0.3 is 10.1 Å². The number of anilines is 1. The summed E-state index contributed by atoms with van der Waals surface area (Å²) in [5, 5.41) is 12.6. The first kappa shape index (κ1) is 24.8. The van der Waals surface area contributed by atoms with Crippen molar-refractivity contribution in [2.75, 3.05) is 12.4 Å². The van der Waals surface area contributed by atoms with Gasteiger partial charge in [0.1, 0.15) is 16.5 Å². The molecule has 34 heavy (non-hydrogen) atoms. The molecule has 174 valence electrons. The summed E-state index contributed by atoms with van der Waals surface area (Å²) in [6, 6.07) is 17.3. The van der Waals surface area contributed by atoms with Crippen LogP contribution in [0.4, 0.5) is 5.69 Å². The standard InChI is InChI=1S/C25H21ClN2O5S/c1-16-4-10-22(17(2)12-16)28-25(29)19(15-27)13-18-5-11-23(24(14-18)32-3)33-34(30,31)21-8-6-20(26)7-9-21/h4-14H,1-3H3,(H,28,29)/b19-13+. The molecule has 1 amide bonds. The first-order valence-electron chi connectivity index (χ1n) is 10.0. The maximum Gasteiger partial charge on any atom is 0.339 e. The highest BCUT2D eigenvalue weighted by atomic mass is 35.5. The van der Waals surface area contributed by atoms with Gasteiger partial charge in [0, 0.05) is 10.7 Å². The average molecular weight is 497 g/mol. The minimum Gasteiger partial charge on any atom is -0.493 e. The second-order valence-corrected chi connectivity index (χ2v) is 9.33. The van der Waals surface area contributed by atoms with Crippen molar-refractivity contribution in [2.24, 2.45) is 0 Å². The maximum atomic E-state index is 12.6. The van der Waals surface area contributed by atoms with Gasteiger partial charge in [-0.15, -0.1) is 0 Å². The Balaban J connectivity index is 1.85. The minimum atomic E-state index is -4.13. The molecule has 0 fully saturated rings. The number of hydrogen-bond donors (Lipinski definition) is 1. The molecule has 0 heterocycles. The van der Waals surface area contributed by atoms with Crippen LogP contribution < -0.4 is 14.2 Å². The van der Waals surface area contributed by atoms with Gasteiger partial charge in [0.15, 0.2) is 11.5 Å². The SMILES string of the molecule is COc1cc(/C=C(\C#N)C(=O)Nc2ccc(C)cc2C)ccc1OS(=O)(=O)c1ccc(Cl)cc1. The Morgan fingerprint density at radius 2 is 1.74 bits per heavy atom. The Kier molecular flexibility index (Phi) is 7.61. The molecule has 0 aliphatic rings. The third kappa shape index (κ3) is 5.95. The van der Waals surface area contributed by atoms with Crippen LogP contribution in [0.5, 0.6) is 11.5 Å². The fraction of sp³-hybridized carbons (Fsp3) is 0.120. The molecule has 1 N–H and O–H groups in total. The van der Waals surface area contributed by atoms with Crippen molar-refractivity contribution in [1.29, 1.82) is 5.26 Å². The Bertz CT molecular complexity index is 1410. The minimum absolute atomic E-state index is 0.0483. The van der Waals surface area contributed by atoms with Crippen LogP contribution in [0.25, 0.3) is 6.08 Å². The molecule has 7 nitrogen and oxygen atoms in total. The molecule has 3 rings (SSSR count). The number of carbonyl (C=O) groups is 1. The number of halogens is 1. The molecule has 0 spiro atoms. The number of aryl methyl sites for hydroxylation is 2.